The van der Waals surface area contributed by atoms with Crippen molar-refractivity contribution in [1.29, 1.82) is 0 Å². The Kier molecular flexibility index (Phi) is 3.74. The van der Waals surface area contributed by atoms with Crippen LogP contribution in [-0.2, 0) is 16.4 Å². The first kappa shape index (κ1) is 16.7. The maximum Gasteiger partial charge on any atom is 0.183 e. The molecule has 0 saturated carbocycles. The highest BCUT2D eigenvalue weighted by Gasteiger charge is 2.50. The molecular weight excluding hydrogens is 365 g/mol. The molecule has 3 heterocycles. The van der Waals surface area contributed by atoms with E-state index in [1.807, 2.05) is 23.1 Å². The Bertz CT molecular complexity index is 1110. The van der Waals surface area contributed by atoms with Crippen molar-refractivity contribution in [3.8, 4) is 11.1 Å². The minimum Gasteiger partial charge on any atom is -0.472 e. The van der Waals surface area contributed by atoms with E-state index in [1.54, 1.807) is 36.8 Å². The molecule has 1 aromatic heterocycles. The van der Waals surface area contributed by atoms with Gasteiger partial charge in [0.15, 0.2) is 9.84 Å². The van der Waals surface area contributed by atoms with Gasteiger partial charge in [-0.05, 0) is 35.4 Å². The van der Waals surface area contributed by atoms with E-state index in [0.717, 1.165) is 16.7 Å². The van der Waals surface area contributed by atoms with Crippen LogP contribution in [0.25, 0.3) is 11.1 Å². The molecule has 3 aromatic rings. The molecule has 27 heavy (non-hydrogen) atoms. The van der Waals surface area contributed by atoms with Gasteiger partial charge in [0.05, 0.1) is 22.7 Å². The zero-order valence-electron chi connectivity index (χ0n) is 14.5. The third kappa shape index (κ3) is 2.63. The van der Waals surface area contributed by atoms with Crippen LogP contribution in [0.1, 0.15) is 17.0 Å². The number of hydrogen-bond donors (Lipinski definition) is 0. The second-order valence-corrected chi connectivity index (χ2v) is 9.38. The molecule has 2 aliphatic rings. The second-order valence-electron chi connectivity index (χ2n) is 7.24. The Balaban J connectivity index is 1.48. The number of rotatable bonds is 3. The molecule has 0 amide bonds. The standard InChI is InChI=1S/C21H18FNO3S/c22-19-4-2-1-3-15(19)10-23-11-18-17-9-14(16-7-8-26-13-16)5-6-20(17)27(24,25)21(18)12-23/h1-9,13,18,21H,10-12H2. The van der Waals surface area contributed by atoms with Gasteiger partial charge in [-0.2, -0.15) is 0 Å². The average molecular weight is 383 g/mol. The normalized spacial score (nSPS) is 23.3. The lowest BCUT2D eigenvalue weighted by molar-refractivity contribution is 0.320. The fourth-order valence-electron chi connectivity index (χ4n) is 4.33. The summed E-state index contributed by atoms with van der Waals surface area (Å²) in [5.74, 6) is -0.330. The average Bonchev–Trinajstić information content (AvgIpc) is 3.36. The lowest BCUT2D eigenvalue weighted by Gasteiger charge is -2.18. The fourth-order valence-corrected chi connectivity index (χ4v) is 6.53. The van der Waals surface area contributed by atoms with Crippen LogP contribution in [0.5, 0.6) is 0 Å². The Morgan fingerprint density at radius 2 is 1.93 bits per heavy atom. The SMILES string of the molecule is O=S1(=O)c2ccc(-c3ccoc3)cc2C2CN(Cc3ccccc3F)CC21. The van der Waals surface area contributed by atoms with Gasteiger partial charge in [0.1, 0.15) is 5.82 Å². The highest BCUT2D eigenvalue weighted by Crippen LogP contribution is 2.46. The molecule has 0 aliphatic carbocycles. The van der Waals surface area contributed by atoms with E-state index in [-0.39, 0.29) is 11.7 Å². The molecule has 0 bridgehead atoms. The Hall–Kier alpha value is -2.44. The van der Waals surface area contributed by atoms with E-state index in [2.05, 4.69) is 0 Å². The quantitative estimate of drug-likeness (QED) is 0.690. The van der Waals surface area contributed by atoms with Gasteiger partial charge in [-0.3, -0.25) is 4.90 Å². The summed E-state index contributed by atoms with van der Waals surface area (Å²) < 4.78 is 45.1. The predicted molar refractivity (Wildman–Crippen MR) is 99.5 cm³/mol. The van der Waals surface area contributed by atoms with Gasteiger partial charge in [0, 0.05) is 36.7 Å². The number of nitrogens with zero attached hydrogens (tertiary/aromatic N) is 1. The van der Waals surface area contributed by atoms with Crippen molar-refractivity contribution in [2.24, 2.45) is 0 Å². The van der Waals surface area contributed by atoms with Gasteiger partial charge in [-0.15, -0.1) is 0 Å². The van der Waals surface area contributed by atoms with E-state index in [0.29, 0.717) is 30.1 Å². The number of fused-ring (bicyclic) bond motifs is 3. The summed E-state index contributed by atoms with van der Waals surface area (Å²) in [4.78, 5) is 2.48. The summed E-state index contributed by atoms with van der Waals surface area (Å²) in [5, 5.41) is -0.459. The van der Waals surface area contributed by atoms with Crippen molar-refractivity contribution in [3.05, 3.63) is 78.0 Å². The van der Waals surface area contributed by atoms with E-state index < -0.39 is 15.1 Å². The minimum atomic E-state index is -3.36. The molecule has 2 unspecified atom stereocenters. The zero-order valence-corrected chi connectivity index (χ0v) is 15.3. The van der Waals surface area contributed by atoms with Crippen LogP contribution in [0.15, 0.2) is 70.4 Å². The van der Waals surface area contributed by atoms with Gasteiger partial charge in [-0.1, -0.05) is 24.3 Å². The van der Waals surface area contributed by atoms with Crippen molar-refractivity contribution < 1.29 is 17.2 Å². The van der Waals surface area contributed by atoms with Crippen LogP contribution in [0, 0.1) is 5.82 Å². The molecule has 6 heteroatoms. The topological polar surface area (TPSA) is 50.5 Å². The number of sulfone groups is 1. The highest BCUT2D eigenvalue weighted by atomic mass is 32.2. The molecule has 1 fully saturated rings. The number of likely N-dealkylation sites (tertiary alicyclic amines) is 1. The van der Waals surface area contributed by atoms with Crippen LogP contribution in [-0.4, -0.2) is 31.7 Å². The monoisotopic (exact) mass is 383 g/mol. The first-order valence-electron chi connectivity index (χ1n) is 8.90. The summed E-state index contributed by atoms with van der Waals surface area (Å²) in [6.07, 6.45) is 3.26. The third-order valence-corrected chi connectivity index (χ3v) is 7.92. The number of hydrogen-bond acceptors (Lipinski definition) is 4. The molecule has 2 aromatic carbocycles. The van der Waals surface area contributed by atoms with Gasteiger partial charge in [-0.25, -0.2) is 12.8 Å². The fraction of sp³-hybridized carbons (Fsp3) is 0.238. The first-order chi connectivity index (χ1) is 13.0. The van der Waals surface area contributed by atoms with Gasteiger partial charge >= 0.3 is 0 Å². The molecule has 2 aliphatic heterocycles. The molecule has 0 radical (unpaired) electrons. The van der Waals surface area contributed by atoms with Gasteiger partial charge < -0.3 is 4.42 Å². The van der Waals surface area contributed by atoms with Crippen molar-refractivity contribution in [1.82, 2.24) is 4.90 Å². The first-order valence-corrected chi connectivity index (χ1v) is 10.4. The maximum absolute atomic E-state index is 14.0. The predicted octanol–water partition coefficient (Wildman–Crippen LogP) is 3.84. The summed E-state index contributed by atoms with van der Waals surface area (Å²) in [6, 6.07) is 14.0. The van der Waals surface area contributed by atoms with E-state index >= 15 is 0 Å². The molecule has 0 spiro atoms. The third-order valence-electron chi connectivity index (χ3n) is 5.66. The summed E-state index contributed by atoms with van der Waals surface area (Å²) in [6.45, 7) is 1.46. The van der Waals surface area contributed by atoms with Crippen molar-refractivity contribution in [3.63, 3.8) is 0 Å². The smallest absolute Gasteiger partial charge is 0.183 e. The summed E-state index contributed by atoms with van der Waals surface area (Å²) in [7, 11) is -3.36. The molecule has 138 valence electrons. The molecule has 4 nitrogen and oxygen atoms in total. The Morgan fingerprint density at radius 3 is 2.70 bits per heavy atom. The van der Waals surface area contributed by atoms with Crippen LogP contribution < -0.4 is 0 Å². The van der Waals surface area contributed by atoms with Gasteiger partial charge in [0.2, 0.25) is 0 Å². The largest absolute Gasteiger partial charge is 0.472 e. The van der Waals surface area contributed by atoms with E-state index in [9.17, 15) is 12.8 Å². The van der Waals surface area contributed by atoms with Crippen molar-refractivity contribution in [2.75, 3.05) is 13.1 Å². The molecule has 1 saturated heterocycles. The molecule has 2 atom stereocenters. The van der Waals surface area contributed by atoms with Crippen LogP contribution >= 0.6 is 0 Å². The van der Waals surface area contributed by atoms with Gasteiger partial charge in [0.25, 0.3) is 0 Å². The highest BCUT2D eigenvalue weighted by molar-refractivity contribution is 7.92. The van der Waals surface area contributed by atoms with Crippen molar-refractivity contribution >= 4 is 9.84 Å². The van der Waals surface area contributed by atoms with E-state index in [4.69, 9.17) is 4.42 Å². The lowest BCUT2D eigenvalue weighted by atomic mass is 9.95. The lowest BCUT2D eigenvalue weighted by Crippen LogP contribution is -2.26. The number of benzene rings is 2. The van der Waals surface area contributed by atoms with E-state index in [1.165, 1.54) is 6.07 Å². The molecule has 5 rings (SSSR count). The number of halogens is 1. The Labute approximate surface area is 157 Å². The minimum absolute atomic E-state index is 0.0800. The molecular formula is C21H18FNO3S. The Morgan fingerprint density at radius 1 is 1.07 bits per heavy atom. The summed E-state index contributed by atoms with van der Waals surface area (Å²) in [5.41, 5.74) is 3.35. The van der Waals surface area contributed by atoms with Crippen LogP contribution in [0.2, 0.25) is 0 Å². The van der Waals surface area contributed by atoms with Crippen LogP contribution in [0.3, 0.4) is 0 Å². The van der Waals surface area contributed by atoms with Crippen molar-refractivity contribution in [2.45, 2.75) is 22.6 Å². The summed E-state index contributed by atoms with van der Waals surface area (Å²) >= 11 is 0. The number of furan rings is 1. The van der Waals surface area contributed by atoms with Crippen LogP contribution in [0.4, 0.5) is 4.39 Å². The maximum atomic E-state index is 14.0. The second kappa shape index (κ2) is 6.04. The molecule has 0 N–H and O–H groups in total. The zero-order chi connectivity index (χ0) is 18.6.